The van der Waals surface area contributed by atoms with E-state index in [2.05, 4.69) is 15.3 Å². The van der Waals surface area contributed by atoms with Crippen LogP contribution in [0.5, 0.6) is 0 Å². The fourth-order valence-electron chi connectivity index (χ4n) is 1.90. The van der Waals surface area contributed by atoms with Crippen LogP contribution in [0.3, 0.4) is 0 Å². The molecule has 0 saturated heterocycles. The number of ether oxygens (including phenoxy) is 1. The van der Waals surface area contributed by atoms with Crippen molar-refractivity contribution >= 4 is 22.9 Å². The van der Waals surface area contributed by atoms with Crippen molar-refractivity contribution in [3.63, 3.8) is 0 Å². The summed E-state index contributed by atoms with van der Waals surface area (Å²) in [6.45, 7) is 5.53. The average Bonchev–Trinajstić information content (AvgIpc) is 2.87. The number of rotatable bonds is 5. The van der Waals surface area contributed by atoms with Crippen molar-refractivity contribution in [3.8, 4) is 0 Å². The molecule has 6 heteroatoms. The highest BCUT2D eigenvalue weighted by molar-refractivity contribution is 6.05. The van der Waals surface area contributed by atoms with Crippen molar-refractivity contribution in [1.29, 1.82) is 0 Å². The van der Waals surface area contributed by atoms with Gasteiger partial charge in [-0.15, -0.1) is 0 Å². The number of nitrogens with zero attached hydrogens (tertiary/aromatic N) is 1. The Bertz CT molecular complexity index is 648. The van der Waals surface area contributed by atoms with E-state index in [4.69, 9.17) is 4.74 Å². The summed E-state index contributed by atoms with van der Waals surface area (Å²) in [5.74, 6) is -0.971. The Morgan fingerprint density at radius 2 is 2.14 bits per heavy atom. The Morgan fingerprint density at radius 3 is 2.86 bits per heavy atom. The SMILES string of the molecule is CC(C)OC(=O)C(C)CNC(=O)c1c[nH]c2cccnc12. The maximum Gasteiger partial charge on any atom is 0.310 e. The molecule has 1 atom stereocenters. The van der Waals surface area contributed by atoms with Crippen LogP contribution < -0.4 is 5.32 Å². The van der Waals surface area contributed by atoms with Crippen LogP contribution in [0.4, 0.5) is 0 Å². The number of carbonyl (C=O) groups excluding carboxylic acids is 2. The number of nitrogens with one attached hydrogen (secondary N) is 2. The molecule has 0 aliphatic heterocycles. The summed E-state index contributed by atoms with van der Waals surface area (Å²) >= 11 is 0. The fraction of sp³-hybridized carbons (Fsp3) is 0.400. The Labute approximate surface area is 122 Å². The Kier molecular flexibility index (Phi) is 4.57. The summed E-state index contributed by atoms with van der Waals surface area (Å²) in [7, 11) is 0. The van der Waals surface area contributed by atoms with Crippen LogP contribution >= 0.6 is 0 Å². The number of amides is 1. The van der Waals surface area contributed by atoms with Gasteiger partial charge in [-0.3, -0.25) is 14.6 Å². The molecule has 2 heterocycles. The molecule has 1 amide bonds. The molecule has 1 unspecified atom stereocenters. The topological polar surface area (TPSA) is 84.1 Å². The zero-order chi connectivity index (χ0) is 15.4. The highest BCUT2D eigenvalue weighted by Crippen LogP contribution is 2.14. The number of hydrogen-bond donors (Lipinski definition) is 2. The molecule has 2 aromatic heterocycles. The van der Waals surface area contributed by atoms with E-state index < -0.39 is 5.92 Å². The second-order valence-electron chi connectivity index (χ2n) is 5.20. The van der Waals surface area contributed by atoms with E-state index in [0.29, 0.717) is 11.1 Å². The van der Waals surface area contributed by atoms with Gasteiger partial charge in [0.2, 0.25) is 0 Å². The molecular weight excluding hydrogens is 270 g/mol. The zero-order valence-electron chi connectivity index (χ0n) is 12.3. The van der Waals surface area contributed by atoms with Crippen LogP contribution in [-0.2, 0) is 9.53 Å². The largest absolute Gasteiger partial charge is 0.463 e. The van der Waals surface area contributed by atoms with E-state index in [9.17, 15) is 9.59 Å². The molecule has 112 valence electrons. The Morgan fingerprint density at radius 1 is 1.38 bits per heavy atom. The molecule has 2 N–H and O–H groups in total. The molecule has 0 bridgehead atoms. The molecule has 6 nitrogen and oxygen atoms in total. The average molecular weight is 289 g/mol. The highest BCUT2D eigenvalue weighted by Gasteiger charge is 2.18. The van der Waals surface area contributed by atoms with Gasteiger partial charge >= 0.3 is 5.97 Å². The standard InChI is InChI=1S/C15H19N3O3/c1-9(2)21-15(20)10(3)7-18-14(19)11-8-17-12-5-4-6-16-13(11)12/h4-6,8-10,17H,7H2,1-3H3,(H,18,19). The van der Waals surface area contributed by atoms with E-state index in [-0.39, 0.29) is 24.5 Å². The quantitative estimate of drug-likeness (QED) is 0.823. The minimum absolute atomic E-state index is 0.159. The van der Waals surface area contributed by atoms with E-state index >= 15 is 0 Å². The minimum atomic E-state index is -0.394. The van der Waals surface area contributed by atoms with Gasteiger partial charge in [-0.2, -0.15) is 0 Å². The molecule has 0 aliphatic rings. The van der Waals surface area contributed by atoms with Crippen molar-refractivity contribution in [1.82, 2.24) is 15.3 Å². The number of fused-ring (bicyclic) bond motifs is 1. The monoisotopic (exact) mass is 289 g/mol. The third kappa shape index (κ3) is 3.59. The first-order valence-electron chi connectivity index (χ1n) is 6.90. The lowest BCUT2D eigenvalue weighted by Crippen LogP contribution is -2.33. The molecule has 0 spiro atoms. The van der Waals surface area contributed by atoms with E-state index in [1.165, 1.54) is 0 Å². The lowest BCUT2D eigenvalue weighted by Gasteiger charge is -2.14. The van der Waals surface area contributed by atoms with Crippen LogP contribution in [0, 0.1) is 5.92 Å². The first kappa shape index (κ1) is 15.0. The molecule has 2 aromatic rings. The van der Waals surface area contributed by atoms with Crippen LogP contribution in [-0.4, -0.2) is 34.5 Å². The predicted octanol–water partition coefficient (Wildman–Crippen LogP) is 1.88. The molecule has 0 saturated carbocycles. The lowest BCUT2D eigenvalue weighted by atomic mass is 10.1. The molecule has 0 aromatic carbocycles. The Hall–Kier alpha value is -2.37. The fourth-order valence-corrected chi connectivity index (χ4v) is 1.90. The highest BCUT2D eigenvalue weighted by atomic mass is 16.5. The van der Waals surface area contributed by atoms with Crippen LogP contribution in [0.25, 0.3) is 11.0 Å². The van der Waals surface area contributed by atoms with Gasteiger partial charge in [0.1, 0.15) is 5.52 Å². The van der Waals surface area contributed by atoms with Gasteiger partial charge < -0.3 is 15.0 Å². The molecular formula is C15H19N3O3. The Balaban J connectivity index is 1.97. The first-order valence-corrected chi connectivity index (χ1v) is 6.90. The number of carbonyl (C=O) groups is 2. The van der Waals surface area contributed by atoms with Gasteiger partial charge in [0, 0.05) is 18.9 Å². The van der Waals surface area contributed by atoms with E-state index in [0.717, 1.165) is 5.52 Å². The van der Waals surface area contributed by atoms with Crippen LogP contribution in [0.2, 0.25) is 0 Å². The van der Waals surface area contributed by atoms with Crippen molar-refractivity contribution < 1.29 is 14.3 Å². The number of pyridine rings is 1. The van der Waals surface area contributed by atoms with Gasteiger partial charge in [0.05, 0.1) is 23.1 Å². The number of aromatic nitrogens is 2. The molecule has 0 radical (unpaired) electrons. The van der Waals surface area contributed by atoms with Gasteiger partial charge in [-0.25, -0.2) is 0 Å². The number of H-pyrrole nitrogens is 1. The molecule has 21 heavy (non-hydrogen) atoms. The second-order valence-corrected chi connectivity index (χ2v) is 5.20. The summed E-state index contributed by atoms with van der Waals surface area (Å²) in [6.07, 6.45) is 3.09. The van der Waals surface area contributed by atoms with Crippen molar-refractivity contribution in [2.24, 2.45) is 5.92 Å². The van der Waals surface area contributed by atoms with Crippen molar-refractivity contribution in [3.05, 3.63) is 30.1 Å². The summed E-state index contributed by atoms with van der Waals surface area (Å²) in [6, 6.07) is 3.65. The van der Waals surface area contributed by atoms with Crippen molar-refractivity contribution in [2.75, 3.05) is 6.54 Å². The smallest absolute Gasteiger partial charge is 0.310 e. The van der Waals surface area contributed by atoms with E-state index in [1.807, 2.05) is 6.07 Å². The number of hydrogen-bond acceptors (Lipinski definition) is 4. The van der Waals surface area contributed by atoms with Crippen LogP contribution in [0.1, 0.15) is 31.1 Å². The summed E-state index contributed by atoms with van der Waals surface area (Å²) in [5.41, 5.74) is 1.89. The summed E-state index contributed by atoms with van der Waals surface area (Å²) in [5, 5.41) is 2.73. The first-order chi connectivity index (χ1) is 9.99. The van der Waals surface area contributed by atoms with Gasteiger partial charge in [-0.1, -0.05) is 6.92 Å². The number of esters is 1. The van der Waals surface area contributed by atoms with Crippen LogP contribution in [0.15, 0.2) is 24.5 Å². The summed E-state index contributed by atoms with van der Waals surface area (Å²) in [4.78, 5) is 31.0. The minimum Gasteiger partial charge on any atom is -0.463 e. The van der Waals surface area contributed by atoms with Crippen molar-refractivity contribution in [2.45, 2.75) is 26.9 Å². The number of aromatic amines is 1. The van der Waals surface area contributed by atoms with Gasteiger partial charge in [0.25, 0.3) is 5.91 Å². The second kappa shape index (κ2) is 6.39. The predicted molar refractivity (Wildman–Crippen MR) is 78.8 cm³/mol. The molecule has 2 rings (SSSR count). The third-order valence-corrected chi connectivity index (χ3v) is 3.00. The zero-order valence-corrected chi connectivity index (χ0v) is 12.3. The normalized spacial score (nSPS) is 12.4. The third-order valence-electron chi connectivity index (χ3n) is 3.00. The van der Waals surface area contributed by atoms with Gasteiger partial charge in [-0.05, 0) is 26.0 Å². The maximum atomic E-state index is 12.1. The molecule has 0 aliphatic carbocycles. The van der Waals surface area contributed by atoms with E-state index in [1.54, 1.807) is 39.2 Å². The van der Waals surface area contributed by atoms with Gasteiger partial charge in [0.15, 0.2) is 0 Å². The summed E-state index contributed by atoms with van der Waals surface area (Å²) < 4.78 is 5.10. The maximum absolute atomic E-state index is 12.1. The lowest BCUT2D eigenvalue weighted by molar-refractivity contribution is -0.151. The molecule has 0 fully saturated rings.